The van der Waals surface area contributed by atoms with Gasteiger partial charge in [-0.05, 0) is 24.6 Å². The number of hydrogen-bond acceptors (Lipinski definition) is 2. The summed E-state index contributed by atoms with van der Waals surface area (Å²) in [5.41, 5.74) is 1.10. The van der Waals surface area contributed by atoms with E-state index in [-0.39, 0.29) is 17.6 Å². The lowest BCUT2D eigenvalue weighted by atomic mass is 10.1. The van der Waals surface area contributed by atoms with Crippen LogP contribution in [0.4, 0.5) is 4.79 Å². The molecule has 0 spiro atoms. The van der Waals surface area contributed by atoms with E-state index < -0.39 is 5.97 Å². The average Bonchev–Trinajstić information content (AvgIpc) is 2.38. The lowest BCUT2D eigenvalue weighted by Crippen LogP contribution is -2.40. The molecule has 2 amide bonds. The highest BCUT2D eigenvalue weighted by Crippen LogP contribution is 2.07. The van der Waals surface area contributed by atoms with Gasteiger partial charge in [0.15, 0.2) is 0 Å². The number of carboxylic acid groups (broad SMARTS) is 1. The van der Waals surface area contributed by atoms with Crippen LogP contribution in [0.2, 0.25) is 0 Å². The van der Waals surface area contributed by atoms with Crippen LogP contribution in [-0.4, -0.2) is 35.1 Å². The zero-order valence-electron chi connectivity index (χ0n) is 11.1. The van der Waals surface area contributed by atoms with Crippen LogP contribution in [0.3, 0.4) is 0 Å². The molecule has 5 nitrogen and oxygen atoms in total. The van der Waals surface area contributed by atoms with Gasteiger partial charge in [0.1, 0.15) is 0 Å². The lowest BCUT2D eigenvalue weighted by molar-refractivity contribution is 0.0697. The van der Waals surface area contributed by atoms with Gasteiger partial charge in [-0.1, -0.05) is 18.2 Å². The Balaban J connectivity index is 2.61. The van der Waals surface area contributed by atoms with Gasteiger partial charge in [0.25, 0.3) is 0 Å². The number of benzene rings is 1. The van der Waals surface area contributed by atoms with Crippen molar-refractivity contribution in [3.8, 4) is 0 Å². The van der Waals surface area contributed by atoms with Crippen LogP contribution in [0.15, 0.2) is 36.9 Å². The maximum atomic E-state index is 11.8. The number of carbonyl (C=O) groups is 2. The molecule has 0 saturated carbocycles. The fourth-order valence-electron chi connectivity index (χ4n) is 1.46. The van der Waals surface area contributed by atoms with Crippen LogP contribution in [-0.2, 0) is 6.54 Å². The zero-order chi connectivity index (χ0) is 14.4. The predicted molar refractivity (Wildman–Crippen MR) is 73.1 cm³/mol. The number of hydrogen-bond donors (Lipinski definition) is 2. The van der Waals surface area contributed by atoms with Crippen molar-refractivity contribution in [2.45, 2.75) is 19.5 Å². The Kier molecular flexibility index (Phi) is 5.11. The Labute approximate surface area is 112 Å². The van der Waals surface area contributed by atoms with Crippen LogP contribution in [0.25, 0.3) is 0 Å². The minimum atomic E-state index is -0.961. The highest BCUT2D eigenvalue weighted by Gasteiger charge is 2.10. The summed E-state index contributed by atoms with van der Waals surface area (Å²) in [6.45, 7) is 5.84. The number of nitrogens with zero attached hydrogens (tertiary/aromatic N) is 1. The second-order valence-electron chi connectivity index (χ2n) is 4.33. The molecule has 0 saturated heterocycles. The third-order valence-corrected chi connectivity index (χ3v) is 2.67. The van der Waals surface area contributed by atoms with Crippen molar-refractivity contribution in [3.05, 3.63) is 48.0 Å². The third-order valence-electron chi connectivity index (χ3n) is 2.67. The fourth-order valence-corrected chi connectivity index (χ4v) is 1.46. The molecule has 1 unspecified atom stereocenters. The first kappa shape index (κ1) is 14.8. The van der Waals surface area contributed by atoms with Crippen LogP contribution < -0.4 is 5.32 Å². The van der Waals surface area contributed by atoms with E-state index in [9.17, 15) is 9.59 Å². The summed E-state index contributed by atoms with van der Waals surface area (Å²) in [7, 11) is 1.68. The van der Waals surface area contributed by atoms with E-state index in [0.29, 0.717) is 6.54 Å². The topological polar surface area (TPSA) is 69.6 Å². The number of aromatic carboxylic acids is 1. The molecule has 1 aromatic rings. The molecule has 1 atom stereocenters. The number of urea groups is 1. The van der Waals surface area contributed by atoms with Crippen molar-refractivity contribution in [2.75, 3.05) is 7.05 Å². The molecule has 0 fully saturated rings. The standard InChI is InChI=1S/C14H18N2O3/c1-4-10(2)15-14(19)16(3)9-11-5-7-12(8-6-11)13(17)18/h4-8,10H,1,9H2,2-3H3,(H,15,19)(H,17,18). The van der Waals surface area contributed by atoms with Gasteiger partial charge >= 0.3 is 12.0 Å². The van der Waals surface area contributed by atoms with E-state index >= 15 is 0 Å². The molecule has 0 aliphatic heterocycles. The Hall–Kier alpha value is -2.30. The normalized spacial score (nSPS) is 11.5. The van der Waals surface area contributed by atoms with Crippen molar-refractivity contribution >= 4 is 12.0 Å². The summed E-state index contributed by atoms with van der Waals surface area (Å²) in [4.78, 5) is 24.0. The summed E-state index contributed by atoms with van der Waals surface area (Å²) in [5.74, 6) is -0.961. The Morgan fingerprint density at radius 2 is 2.00 bits per heavy atom. The molecule has 1 rings (SSSR count). The first-order chi connectivity index (χ1) is 8.93. The van der Waals surface area contributed by atoms with E-state index in [1.807, 2.05) is 6.92 Å². The van der Waals surface area contributed by atoms with E-state index in [1.54, 1.807) is 25.3 Å². The predicted octanol–water partition coefficient (Wildman–Crippen LogP) is 2.10. The maximum absolute atomic E-state index is 11.8. The van der Waals surface area contributed by atoms with Crippen molar-refractivity contribution in [1.82, 2.24) is 10.2 Å². The van der Waals surface area contributed by atoms with Crippen molar-refractivity contribution in [1.29, 1.82) is 0 Å². The first-order valence-corrected chi connectivity index (χ1v) is 5.90. The number of rotatable bonds is 5. The van der Waals surface area contributed by atoms with Gasteiger partial charge in [0, 0.05) is 19.6 Å². The summed E-state index contributed by atoms with van der Waals surface area (Å²) < 4.78 is 0. The molecule has 0 aliphatic carbocycles. The van der Waals surface area contributed by atoms with E-state index in [1.165, 1.54) is 17.0 Å². The van der Waals surface area contributed by atoms with Gasteiger partial charge in [-0.2, -0.15) is 0 Å². The summed E-state index contributed by atoms with van der Waals surface area (Å²) in [6.07, 6.45) is 1.65. The molecule has 1 aromatic carbocycles. The van der Waals surface area contributed by atoms with Crippen LogP contribution >= 0.6 is 0 Å². The van der Waals surface area contributed by atoms with Crippen molar-refractivity contribution in [3.63, 3.8) is 0 Å². The molecule has 0 aliphatic rings. The average molecular weight is 262 g/mol. The zero-order valence-corrected chi connectivity index (χ0v) is 11.1. The van der Waals surface area contributed by atoms with Gasteiger partial charge in [-0.3, -0.25) is 0 Å². The van der Waals surface area contributed by atoms with Gasteiger partial charge in [-0.15, -0.1) is 6.58 Å². The van der Waals surface area contributed by atoms with Gasteiger partial charge in [0.2, 0.25) is 0 Å². The van der Waals surface area contributed by atoms with Gasteiger partial charge in [-0.25, -0.2) is 9.59 Å². The Morgan fingerprint density at radius 1 is 1.42 bits per heavy atom. The molecule has 0 aromatic heterocycles. The molecule has 0 radical (unpaired) electrons. The molecule has 0 heterocycles. The molecular formula is C14H18N2O3. The molecule has 0 bridgehead atoms. The van der Waals surface area contributed by atoms with Crippen LogP contribution in [0, 0.1) is 0 Å². The van der Waals surface area contributed by atoms with Crippen molar-refractivity contribution in [2.24, 2.45) is 0 Å². The number of carbonyl (C=O) groups excluding carboxylic acids is 1. The molecule has 5 heteroatoms. The molecule has 19 heavy (non-hydrogen) atoms. The highest BCUT2D eigenvalue weighted by atomic mass is 16.4. The Morgan fingerprint density at radius 3 is 2.47 bits per heavy atom. The minimum Gasteiger partial charge on any atom is -0.478 e. The quantitative estimate of drug-likeness (QED) is 0.798. The summed E-state index contributed by atoms with van der Waals surface area (Å²) >= 11 is 0. The molecular weight excluding hydrogens is 244 g/mol. The van der Waals surface area contributed by atoms with E-state index in [4.69, 9.17) is 5.11 Å². The number of nitrogens with one attached hydrogen (secondary N) is 1. The fraction of sp³-hybridized carbons (Fsp3) is 0.286. The SMILES string of the molecule is C=CC(C)NC(=O)N(C)Cc1ccc(C(=O)O)cc1. The van der Waals surface area contributed by atoms with Crippen molar-refractivity contribution < 1.29 is 14.7 Å². The number of amides is 2. The molecule has 102 valence electrons. The summed E-state index contributed by atoms with van der Waals surface area (Å²) in [5, 5.41) is 11.5. The van der Waals surface area contributed by atoms with E-state index in [2.05, 4.69) is 11.9 Å². The minimum absolute atomic E-state index is 0.0932. The monoisotopic (exact) mass is 262 g/mol. The molecule has 2 N–H and O–H groups in total. The van der Waals surface area contributed by atoms with Gasteiger partial charge < -0.3 is 15.3 Å². The first-order valence-electron chi connectivity index (χ1n) is 5.90. The smallest absolute Gasteiger partial charge is 0.335 e. The second kappa shape index (κ2) is 6.58. The Bertz CT molecular complexity index is 468. The number of carboxylic acids is 1. The summed E-state index contributed by atoms with van der Waals surface area (Å²) in [6, 6.07) is 6.15. The van der Waals surface area contributed by atoms with Gasteiger partial charge in [0.05, 0.1) is 5.56 Å². The lowest BCUT2D eigenvalue weighted by Gasteiger charge is -2.20. The third kappa shape index (κ3) is 4.46. The highest BCUT2D eigenvalue weighted by molar-refractivity contribution is 5.87. The maximum Gasteiger partial charge on any atom is 0.335 e. The van der Waals surface area contributed by atoms with Crippen LogP contribution in [0.5, 0.6) is 0 Å². The second-order valence-corrected chi connectivity index (χ2v) is 4.33. The largest absolute Gasteiger partial charge is 0.478 e. The van der Waals surface area contributed by atoms with Crippen LogP contribution in [0.1, 0.15) is 22.8 Å². The van der Waals surface area contributed by atoms with E-state index in [0.717, 1.165) is 5.56 Å².